The first-order valence-corrected chi connectivity index (χ1v) is 6.49. The minimum Gasteiger partial charge on any atom is -0.350 e. The van der Waals surface area contributed by atoms with Gasteiger partial charge in [0.15, 0.2) is 11.6 Å². The number of nitrogens with zero attached hydrogens (tertiary/aromatic N) is 5. The topological polar surface area (TPSA) is 78.9 Å². The Morgan fingerprint density at radius 1 is 1.17 bits per heavy atom. The summed E-state index contributed by atoms with van der Waals surface area (Å²) in [7, 11) is 0. The first kappa shape index (κ1) is 11.3. The molecular formula is C10H13N7S. The molecule has 3 rings (SSSR count). The molecule has 0 saturated carbocycles. The van der Waals surface area contributed by atoms with Gasteiger partial charge in [0.05, 0.1) is 11.7 Å². The van der Waals surface area contributed by atoms with Crippen molar-refractivity contribution in [1.82, 2.24) is 24.0 Å². The van der Waals surface area contributed by atoms with Crippen LogP contribution in [0.5, 0.6) is 0 Å². The van der Waals surface area contributed by atoms with E-state index >= 15 is 0 Å². The molecule has 0 unspecified atom stereocenters. The number of nitrogens with one attached hydrogen (secondary N) is 2. The molecule has 0 atom stereocenters. The van der Waals surface area contributed by atoms with Crippen LogP contribution in [-0.4, -0.2) is 44.9 Å². The van der Waals surface area contributed by atoms with E-state index in [1.807, 2.05) is 0 Å². The molecule has 8 heteroatoms. The highest BCUT2D eigenvalue weighted by Gasteiger charge is 2.18. The molecule has 1 fully saturated rings. The van der Waals surface area contributed by atoms with Crippen molar-refractivity contribution in [2.75, 3.05) is 36.4 Å². The molecule has 1 saturated heterocycles. The van der Waals surface area contributed by atoms with Gasteiger partial charge >= 0.3 is 0 Å². The third-order valence-electron chi connectivity index (χ3n) is 2.68. The van der Waals surface area contributed by atoms with E-state index in [2.05, 4.69) is 34.2 Å². The molecule has 0 aromatic carbocycles. The Morgan fingerprint density at radius 2 is 1.94 bits per heavy atom. The zero-order chi connectivity index (χ0) is 12.2. The second kappa shape index (κ2) is 5.23. The van der Waals surface area contributed by atoms with Crippen molar-refractivity contribution in [1.29, 1.82) is 0 Å². The molecule has 1 aliphatic heterocycles. The molecule has 0 aliphatic carbocycles. The van der Waals surface area contributed by atoms with Crippen LogP contribution in [0.1, 0.15) is 0 Å². The summed E-state index contributed by atoms with van der Waals surface area (Å²) in [6, 6.07) is 1.78. The van der Waals surface area contributed by atoms with Crippen molar-refractivity contribution < 1.29 is 0 Å². The maximum absolute atomic E-state index is 4.35. The Hall–Kier alpha value is -1.80. The van der Waals surface area contributed by atoms with E-state index in [1.54, 1.807) is 18.5 Å². The van der Waals surface area contributed by atoms with E-state index in [4.69, 9.17) is 0 Å². The molecule has 2 aromatic rings. The van der Waals surface area contributed by atoms with Crippen LogP contribution in [0, 0.1) is 0 Å². The predicted octanol–water partition coefficient (Wildman–Crippen LogP) is 0.481. The second-order valence-corrected chi connectivity index (χ2v) is 4.40. The van der Waals surface area contributed by atoms with Crippen molar-refractivity contribution in [2.45, 2.75) is 0 Å². The van der Waals surface area contributed by atoms with Crippen LogP contribution < -0.4 is 15.5 Å². The van der Waals surface area contributed by atoms with Gasteiger partial charge in [-0.2, -0.15) is 8.75 Å². The Labute approximate surface area is 109 Å². The van der Waals surface area contributed by atoms with Gasteiger partial charge in [0, 0.05) is 38.6 Å². The lowest BCUT2D eigenvalue weighted by atomic mass is 10.3. The molecule has 18 heavy (non-hydrogen) atoms. The van der Waals surface area contributed by atoms with E-state index in [9.17, 15) is 0 Å². The van der Waals surface area contributed by atoms with Gasteiger partial charge in [-0.25, -0.2) is 9.97 Å². The van der Waals surface area contributed by atoms with Crippen LogP contribution in [0.15, 0.2) is 18.5 Å². The minimum atomic E-state index is 0.543. The zero-order valence-corrected chi connectivity index (χ0v) is 10.5. The van der Waals surface area contributed by atoms with Crippen molar-refractivity contribution >= 4 is 29.3 Å². The van der Waals surface area contributed by atoms with E-state index in [-0.39, 0.29) is 0 Å². The Morgan fingerprint density at radius 3 is 2.72 bits per heavy atom. The fourth-order valence-electron chi connectivity index (χ4n) is 1.82. The molecule has 2 aromatic heterocycles. The fourth-order valence-corrected chi connectivity index (χ4v) is 2.35. The van der Waals surface area contributed by atoms with Gasteiger partial charge in [-0.05, 0) is 6.07 Å². The van der Waals surface area contributed by atoms with Crippen molar-refractivity contribution in [2.24, 2.45) is 0 Å². The summed E-state index contributed by atoms with van der Waals surface area (Å²) >= 11 is 1.20. The number of hydrogen-bond donors (Lipinski definition) is 2. The second-order valence-electron chi connectivity index (χ2n) is 3.87. The van der Waals surface area contributed by atoms with Crippen molar-refractivity contribution in [3.05, 3.63) is 18.5 Å². The van der Waals surface area contributed by atoms with Crippen LogP contribution in [-0.2, 0) is 0 Å². The van der Waals surface area contributed by atoms with Gasteiger partial charge in [0.2, 0.25) is 5.95 Å². The monoisotopic (exact) mass is 263 g/mol. The molecule has 3 heterocycles. The third-order valence-corrected chi connectivity index (χ3v) is 3.20. The highest BCUT2D eigenvalue weighted by Crippen LogP contribution is 2.25. The van der Waals surface area contributed by atoms with E-state index < -0.39 is 0 Å². The first-order chi connectivity index (χ1) is 8.93. The number of piperazine rings is 1. The summed E-state index contributed by atoms with van der Waals surface area (Å²) in [5, 5.41) is 6.42. The number of aromatic nitrogens is 4. The van der Waals surface area contributed by atoms with Crippen molar-refractivity contribution in [3.63, 3.8) is 0 Å². The summed E-state index contributed by atoms with van der Waals surface area (Å²) in [5.41, 5.74) is 0. The van der Waals surface area contributed by atoms with Gasteiger partial charge in [0.25, 0.3) is 0 Å². The van der Waals surface area contributed by atoms with E-state index in [0.29, 0.717) is 5.95 Å². The van der Waals surface area contributed by atoms with Crippen LogP contribution >= 0.6 is 11.7 Å². The van der Waals surface area contributed by atoms with Gasteiger partial charge in [-0.1, -0.05) is 0 Å². The maximum Gasteiger partial charge on any atom is 0.228 e. The van der Waals surface area contributed by atoms with Crippen LogP contribution in [0.4, 0.5) is 17.6 Å². The van der Waals surface area contributed by atoms with Crippen LogP contribution in [0.25, 0.3) is 0 Å². The largest absolute Gasteiger partial charge is 0.350 e. The smallest absolute Gasteiger partial charge is 0.228 e. The fraction of sp³-hybridized carbons (Fsp3) is 0.400. The number of hydrogen-bond acceptors (Lipinski definition) is 8. The van der Waals surface area contributed by atoms with Gasteiger partial charge in [-0.15, -0.1) is 0 Å². The first-order valence-electron chi connectivity index (χ1n) is 5.76. The summed E-state index contributed by atoms with van der Waals surface area (Å²) in [6.07, 6.45) is 3.39. The van der Waals surface area contributed by atoms with Crippen LogP contribution in [0.2, 0.25) is 0 Å². The number of anilines is 3. The zero-order valence-electron chi connectivity index (χ0n) is 9.70. The van der Waals surface area contributed by atoms with Gasteiger partial charge in [0.1, 0.15) is 0 Å². The summed E-state index contributed by atoms with van der Waals surface area (Å²) in [6.45, 7) is 3.82. The lowest BCUT2D eigenvalue weighted by Gasteiger charge is -2.27. The minimum absolute atomic E-state index is 0.543. The van der Waals surface area contributed by atoms with Crippen molar-refractivity contribution in [3.8, 4) is 0 Å². The van der Waals surface area contributed by atoms with E-state index in [0.717, 1.165) is 37.8 Å². The standard InChI is InChI=1S/C10H13N7S/c1-2-12-10(13-3-1)14-8-9(16-18-15-8)17-6-4-11-5-7-17/h1-3,11H,4-7H2,(H,12,13,14,15). The molecule has 0 bridgehead atoms. The van der Waals surface area contributed by atoms with Gasteiger partial charge in [-0.3, -0.25) is 0 Å². The Bertz CT molecular complexity index is 494. The average Bonchev–Trinajstić information content (AvgIpc) is 2.89. The van der Waals surface area contributed by atoms with E-state index in [1.165, 1.54) is 11.7 Å². The summed E-state index contributed by atoms with van der Waals surface area (Å²) in [4.78, 5) is 10.5. The molecule has 0 radical (unpaired) electrons. The lowest BCUT2D eigenvalue weighted by molar-refractivity contribution is 0.586. The summed E-state index contributed by atoms with van der Waals surface area (Å²) in [5.74, 6) is 2.16. The molecular weight excluding hydrogens is 250 g/mol. The predicted molar refractivity (Wildman–Crippen MR) is 70.3 cm³/mol. The number of rotatable bonds is 3. The average molecular weight is 263 g/mol. The normalized spacial score (nSPS) is 15.7. The molecule has 94 valence electrons. The highest BCUT2D eigenvalue weighted by atomic mass is 32.1. The highest BCUT2D eigenvalue weighted by molar-refractivity contribution is 6.99. The molecule has 7 nitrogen and oxygen atoms in total. The Kier molecular flexibility index (Phi) is 3.29. The molecule has 2 N–H and O–H groups in total. The maximum atomic E-state index is 4.35. The molecule has 1 aliphatic rings. The third kappa shape index (κ3) is 2.39. The lowest BCUT2D eigenvalue weighted by Crippen LogP contribution is -2.43. The molecule has 0 amide bonds. The SMILES string of the molecule is c1cnc(Nc2nsnc2N2CCNCC2)nc1. The van der Waals surface area contributed by atoms with Crippen LogP contribution in [0.3, 0.4) is 0 Å². The Balaban J connectivity index is 1.78. The summed E-state index contributed by atoms with van der Waals surface area (Å²) < 4.78 is 8.61. The van der Waals surface area contributed by atoms with Gasteiger partial charge < -0.3 is 15.5 Å². The quantitative estimate of drug-likeness (QED) is 0.834. The molecule has 0 spiro atoms.